The number of benzene rings is 1. The second-order valence-electron chi connectivity index (χ2n) is 3.06. The maximum absolute atomic E-state index is 10.8. The molecule has 0 aliphatic carbocycles. The fraction of sp³-hybridized carbons (Fsp3) is 0.100. The Balaban J connectivity index is 2.50. The lowest BCUT2D eigenvalue weighted by Crippen LogP contribution is -1.92. The second-order valence-corrected chi connectivity index (χ2v) is 3.92. The number of hydrogen-bond acceptors (Lipinski definition) is 5. The molecule has 82 valence electrons. The number of hydrogen-bond donors (Lipinski definition) is 1. The van der Waals surface area contributed by atoms with Crippen molar-refractivity contribution in [1.82, 2.24) is 4.98 Å². The van der Waals surface area contributed by atoms with Crippen LogP contribution >= 0.6 is 11.3 Å². The number of thiazole rings is 1. The predicted molar refractivity (Wildman–Crippen MR) is 63.8 cm³/mol. The number of nitro benzene ring substituents is 1. The minimum atomic E-state index is -0.395. The van der Waals surface area contributed by atoms with E-state index in [1.54, 1.807) is 30.6 Å². The highest BCUT2D eigenvalue weighted by molar-refractivity contribution is 7.14. The summed E-state index contributed by atoms with van der Waals surface area (Å²) < 4.78 is 0. The number of aromatic nitrogens is 1. The molecule has 1 heterocycles. The third-order valence-electron chi connectivity index (χ3n) is 2.09. The Labute approximate surface area is 95.9 Å². The van der Waals surface area contributed by atoms with Gasteiger partial charge in [0.2, 0.25) is 0 Å². The zero-order valence-electron chi connectivity index (χ0n) is 8.51. The minimum absolute atomic E-state index is 0.0791. The van der Waals surface area contributed by atoms with E-state index >= 15 is 0 Å². The van der Waals surface area contributed by atoms with E-state index in [9.17, 15) is 10.1 Å². The van der Waals surface area contributed by atoms with Gasteiger partial charge in [0.1, 0.15) is 0 Å². The fourth-order valence-corrected chi connectivity index (χ4v) is 2.03. The number of nitro groups is 1. The largest absolute Gasteiger partial charge is 0.365 e. The van der Waals surface area contributed by atoms with Crippen LogP contribution in [0.5, 0.6) is 0 Å². The molecule has 0 aliphatic rings. The van der Waals surface area contributed by atoms with Crippen LogP contribution in [0.15, 0.2) is 29.6 Å². The Hall–Kier alpha value is -1.95. The first kappa shape index (κ1) is 10.6. The molecule has 0 unspecified atom stereocenters. The van der Waals surface area contributed by atoms with Gasteiger partial charge in [0.25, 0.3) is 5.69 Å². The van der Waals surface area contributed by atoms with Gasteiger partial charge in [-0.15, -0.1) is 11.3 Å². The Morgan fingerprint density at radius 2 is 2.19 bits per heavy atom. The molecule has 1 aromatic heterocycles. The van der Waals surface area contributed by atoms with Gasteiger partial charge in [0.05, 0.1) is 16.2 Å². The molecule has 0 saturated heterocycles. The Bertz CT molecular complexity index is 524. The normalized spacial score (nSPS) is 10.1. The second kappa shape index (κ2) is 4.28. The quantitative estimate of drug-likeness (QED) is 0.656. The summed E-state index contributed by atoms with van der Waals surface area (Å²) in [5.74, 6) is 0. The predicted octanol–water partition coefficient (Wildman–Crippen LogP) is 2.76. The number of nitrogens with one attached hydrogen (secondary N) is 1. The summed E-state index contributed by atoms with van der Waals surface area (Å²) >= 11 is 1.42. The van der Waals surface area contributed by atoms with Crippen molar-refractivity contribution in [2.75, 3.05) is 12.4 Å². The number of para-hydroxylation sites is 1. The van der Waals surface area contributed by atoms with Gasteiger partial charge in [-0.1, -0.05) is 12.1 Å². The highest BCUT2D eigenvalue weighted by Crippen LogP contribution is 2.31. The van der Waals surface area contributed by atoms with E-state index in [2.05, 4.69) is 10.3 Å². The van der Waals surface area contributed by atoms with Crippen LogP contribution in [-0.2, 0) is 0 Å². The smallest absolute Gasteiger partial charge is 0.278 e. The molecule has 1 aromatic carbocycles. The van der Waals surface area contributed by atoms with E-state index in [0.717, 1.165) is 5.13 Å². The van der Waals surface area contributed by atoms with Crippen molar-refractivity contribution in [1.29, 1.82) is 0 Å². The molecular weight excluding hydrogens is 226 g/mol. The summed E-state index contributed by atoms with van der Waals surface area (Å²) in [5, 5.41) is 16.3. The van der Waals surface area contributed by atoms with Crippen molar-refractivity contribution < 1.29 is 4.92 Å². The molecule has 16 heavy (non-hydrogen) atoms. The molecule has 0 atom stereocenters. The van der Waals surface area contributed by atoms with Gasteiger partial charge in [0.15, 0.2) is 5.13 Å². The summed E-state index contributed by atoms with van der Waals surface area (Å²) in [6.45, 7) is 0. The summed E-state index contributed by atoms with van der Waals surface area (Å²) in [7, 11) is 1.77. The SMILES string of the molecule is CNc1nc(-c2ccccc2[N+](=O)[O-])cs1. The zero-order chi connectivity index (χ0) is 11.5. The van der Waals surface area contributed by atoms with Crippen molar-refractivity contribution >= 4 is 22.2 Å². The monoisotopic (exact) mass is 235 g/mol. The highest BCUT2D eigenvalue weighted by Gasteiger charge is 2.16. The molecule has 2 rings (SSSR count). The number of rotatable bonds is 3. The van der Waals surface area contributed by atoms with Crippen molar-refractivity contribution in [3.05, 3.63) is 39.8 Å². The summed E-state index contributed by atoms with van der Waals surface area (Å²) in [4.78, 5) is 14.7. The zero-order valence-corrected chi connectivity index (χ0v) is 9.32. The summed E-state index contributed by atoms with van der Waals surface area (Å²) in [6.07, 6.45) is 0. The molecular formula is C10H9N3O2S. The third-order valence-corrected chi connectivity index (χ3v) is 2.95. The molecule has 0 spiro atoms. The Morgan fingerprint density at radius 3 is 2.81 bits per heavy atom. The van der Waals surface area contributed by atoms with E-state index in [4.69, 9.17) is 0 Å². The van der Waals surface area contributed by atoms with E-state index in [0.29, 0.717) is 11.3 Å². The van der Waals surface area contributed by atoms with Crippen LogP contribution in [0.3, 0.4) is 0 Å². The summed E-state index contributed by atoms with van der Waals surface area (Å²) in [5.41, 5.74) is 1.25. The van der Waals surface area contributed by atoms with Crippen LogP contribution in [0.1, 0.15) is 0 Å². The topological polar surface area (TPSA) is 68.1 Å². The maximum atomic E-state index is 10.8. The van der Waals surface area contributed by atoms with Crippen molar-refractivity contribution in [3.63, 3.8) is 0 Å². The lowest BCUT2D eigenvalue weighted by Gasteiger charge is -1.98. The van der Waals surface area contributed by atoms with Crippen LogP contribution in [0, 0.1) is 10.1 Å². The molecule has 0 bridgehead atoms. The van der Waals surface area contributed by atoms with Gasteiger partial charge in [0, 0.05) is 18.5 Å². The molecule has 2 aromatic rings. The Morgan fingerprint density at radius 1 is 1.44 bits per heavy atom. The average Bonchev–Trinajstić information content (AvgIpc) is 2.77. The molecule has 1 N–H and O–H groups in total. The lowest BCUT2D eigenvalue weighted by atomic mass is 10.1. The molecule has 5 nitrogen and oxygen atoms in total. The van der Waals surface area contributed by atoms with Crippen LogP contribution in [0.4, 0.5) is 10.8 Å². The molecule has 0 saturated carbocycles. The minimum Gasteiger partial charge on any atom is -0.365 e. The first-order valence-corrected chi connectivity index (χ1v) is 5.47. The third kappa shape index (κ3) is 1.87. The first-order chi connectivity index (χ1) is 7.72. The van der Waals surface area contributed by atoms with Gasteiger partial charge in [-0.2, -0.15) is 0 Å². The number of anilines is 1. The summed E-state index contributed by atoms with van der Waals surface area (Å²) in [6, 6.07) is 6.59. The van der Waals surface area contributed by atoms with E-state index in [-0.39, 0.29) is 5.69 Å². The lowest BCUT2D eigenvalue weighted by molar-refractivity contribution is -0.384. The standard InChI is InChI=1S/C10H9N3O2S/c1-11-10-12-8(6-16-10)7-4-2-3-5-9(7)13(14)15/h2-6H,1H3,(H,11,12). The first-order valence-electron chi connectivity index (χ1n) is 4.59. The molecule has 0 radical (unpaired) electrons. The average molecular weight is 235 g/mol. The van der Waals surface area contributed by atoms with Crippen LogP contribution in [-0.4, -0.2) is 17.0 Å². The van der Waals surface area contributed by atoms with Crippen LogP contribution in [0.25, 0.3) is 11.3 Å². The van der Waals surface area contributed by atoms with Crippen molar-refractivity contribution in [2.24, 2.45) is 0 Å². The van der Waals surface area contributed by atoms with Gasteiger partial charge in [-0.3, -0.25) is 10.1 Å². The number of nitrogens with zero attached hydrogens (tertiary/aromatic N) is 2. The molecule has 6 heteroatoms. The maximum Gasteiger partial charge on any atom is 0.278 e. The Kier molecular flexibility index (Phi) is 2.82. The van der Waals surface area contributed by atoms with Crippen molar-refractivity contribution in [3.8, 4) is 11.3 Å². The van der Waals surface area contributed by atoms with Crippen molar-refractivity contribution in [2.45, 2.75) is 0 Å². The van der Waals surface area contributed by atoms with E-state index in [1.165, 1.54) is 17.4 Å². The fourth-order valence-electron chi connectivity index (χ4n) is 1.36. The van der Waals surface area contributed by atoms with Gasteiger partial charge in [-0.05, 0) is 6.07 Å². The molecule has 0 fully saturated rings. The van der Waals surface area contributed by atoms with E-state index < -0.39 is 4.92 Å². The van der Waals surface area contributed by atoms with Gasteiger partial charge >= 0.3 is 0 Å². The van der Waals surface area contributed by atoms with Crippen LogP contribution in [0.2, 0.25) is 0 Å². The molecule has 0 amide bonds. The van der Waals surface area contributed by atoms with Crippen LogP contribution < -0.4 is 5.32 Å². The van der Waals surface area contributed by atoms with E-state index in [1.807, 2.05) is 0 Å². The van der Waals surface area contributed by atoms with Gasteiger partial charge in [-0.25, -0.2) is 4.98 Å². The molecule has 0 aliphatic heterocycles. The van der Waals surface area contributed by atoms with Gasteiger partial charge < -0.3 is 5.32 Å². The highest BCUT2D eigenvalue weighted by atomic mass is 32.1.